The van der Waals surface area contributed by atoms with Crippen LogP contribution in [-0.2, 0) is 15.1 Å². The van der Waals surface area contributed by atoms with E-state index in [0.29, 0.717) is 0 Å². The summed E-state index contributed by atoms with van der Waals surface area (Å²) < 4.78 is 39.9. The molecule has 204 valence electrons. The van der Waals surface area contributed by atoms with Crippen LogP contribution >= 0.6 is 0 Å². The summed E-state index contributed by atoms with van der Waals surface area (Å²) in [6.07, 6.45) is 28.2. The van der Waals surface area contributed by atoms with E-state index in [9.17, 15) is 0 Å². The van der Waals surface area contributed by atoms with Crippen molar-refractivity contribution in [1.82, 2.24) is 0 Å². The maximum absolute atomic E-state index is 8.52. The molecule has 0 aliphatic rings. The Morgan fingerprint density at radius 2 is 0.686 bits per heavy atom. The Hall–Kier alpha value is 1.79. The van der Waals surface area contributed by atoms with E-state index in [-0.39, 0.29) is 65.7 Å². The van der Waals surface area contributed by atoms with Crippen molar-refractivity contribution in [3.05, 3.63) is 0 Å². The van der Waals surface area contributed by atoms with Crippen molar-refractivity contribution in [3.63, 3.8) is 0 Å². The molecule has 0 aliphatic heterocycles. The first-order valence-electron chi connectivity index (χ1n) is 13.7. The Bertz CT molecular complexity index is 396. The summed E-state index contributed by atoms with van der Waals surface area (Å²) in [4.78, 5) is 0. The molecular weight excluding hydrogens is 486 g/mol. The van der Waals surface area contributed by atoms with E-state index >= 15 is 0 Å². The van der Waals surface area contributed by atoms with Crippen LogP contribution in [0.5, 0.6) is 0 Å². The van der Waals surface area contributed by atoms with Crippen molar-refractivity contribution in [2.24, 2.45) is 0 Å². The first-order chi connectivity index (χ1) is 15.8. The van der Waals surface area contributed by atoms with Crippen molar-refractivity contribution in [2.45, 2.75) is 149 Å². The minimum Gasteiger partial charge on any atom is -0.759 e. The SMILES string of the molecule is CCCCCCCCCCCCOCCCCCCCCCCCC.CCO.O=S(=O)([O-])[O-].[Na+].[Na+]. The van der Waals surface area contributed by atoms with Crippen molar-refractivity contribution in [1.29, 1.82) is 0 Å². The quantitative estimate of drug-likeness (QED) is 0.0961. The van der Waals surface area contributed by atoms with Crippen LogP contribution in [0.3, 0.4) is 0 Å². The molecule has 6 nitrogen and oxygen atoms in total. The van der Waals surface area contributed by atoms with Gasteiger partial charge in [0.25, 0.3) is 0 Å². The van der Waals surface area contributed by atoms with Crippen LogP contribution in [0.25, 0.3) is 0 Å². The molecule has 0 rings (SSSR count). The zero-order valence-electron chi connectivity index (χ0n) is 24.2. The predicted molar refractivity (Wildman–Crippen MR) is 138 cm³/mol. The van der Waals surface area contributed by atoms with E-state index in [1.807, 2.05) is 0 Å². The molecule has 0 aromatic rings. The predicted octanol–water partition coefficient (Wildman–Crippen LogP) is 1.51. The molecule has 0 aromatic heterocycles. The summed E-state index contributed by atoms with van der Waals surface area (Å²) in [5.74, 6) is 0. The topological polar surface area (TPSA) is 110 Å². The van der Waals surface area contributed by atoms with E-state index in [2.05, 4.69) is 13.8 Å². The maximum Gasteiger partial charge on any atom is 1.00 e. The third-order valence-corrected chi connectivity index (χ3v) is 5.28. The van der Waals surface area contributed by atoms with Crippen LogP contribution < -0.4 is 59.1 Å². The summed E-state index contributed by atoms with van der Waals surface area (Å²) in [5.41, 5.74) is 0. The van der Waals surface area contributed by atoms with Crippen molar-refractivity contribution >= 4 is 10.4 Å². The van der Waals surface area contributed by atoms with Gasteiger partial charge in [0.05, 0.1) is 0 Å². The molecule has 0 bridgehead atoms. The molecule has 0 atom stereocenters. The van der Waals surface area contributed by atoms with E-state index in [1.54, 1.807) is 6.92 Å². The number of unbranched alkanes of at least 4 members (excludes halogenated alkanes) is 18. The number of aliphatic hydroxyl groups is 1. The summed E-state index contributed by atoms with van der Waals surface area (Å²) in [5, 5.41) is 7.57. The molecule has 0 unspecified atom stereocenters. The fourth-order valence-electron chi connectivity index (χ4n) is 3.49. The molecule has 9 heteroatoms. The first-order valence-corrected chi connectivity index (χ1v) is 15.0. The second-order valence-electron chi connectivity index (χ2n) is 8.70. The van der Waals surface area contributed by atoms with Crippen LogP contribution in [0.15, 0.2) is 0 Å². The average Bonchev–Trinajstić information content (AvgIpc) is 2.74. The third kappa shape index (κ3) is 72.2. The summed E-state index contributed by atoms with van der Waals surface area (Å²) in [7, 11) is -5.17. The Labute approximate surface area is 263 Å². The molecule has 0 saturated heterocycles. The van der Waals surface area contributed by atoms with Crippen LogP contribution in [0.2, 0.25) is 0 Å². The van der Waals surface area contributed by atoms with Crippen molar-refractivity contribution in [3.8, 4) is 0 Å². The van der Waals surface area contributed by atoms with Gasteiger partial charge in [0.1, 0.15) is 0 Å². The summed E-state index contributed by atoms with van der Waals surface area (Å²) >= 11 is 0. The number of rotatable bonds is 22. The van der Waals surface area contributed by atoms with Gasteiger partial charge in [0.2, 0.25) is 0 Å². The average molecular weight is 543 g/mol. The number of ether oxygens (including phenoxy) is 1. The zero-order chi connectivity index (χ0) is 25.5. The van der Waals surface area contributed by atoms with E-state index in [4.69, 9.17) is 27.4 Å². The van der Waals surface area contributed by atoms with Crippen LogP contribution in [-0.4, -0.2) is 42.5 Å². The molecule has 0 fully saturated rings. The van der Waals surface area contributed by atoms with E-state index in [0.717, 1.165) is 13.2 Å². The van der Waals surface area contributed by atoms with Gasteiger partial charge in [-0.25, -0.2) is 0 Å². The Morgan fingerprint density at radius 1 is 0.514 bits per heavy atom. The molecule has 0 aromatic carbocycles. The number of aliphatic hydroxyl groups excluding tert-OH is 1. The summed E-state index contributed by atoms with van der Waals surface area (Å²) in [6.45, 7) is 8.50. The van der Waals surface area contributed by atoms with Gasteiger partial charge in [-0.15, -0.1) is 0 Å². The van der Waals surface area contributed by atoms with Gasteiger partial charge in [0.15, 0.2) is 0 Å². The van der Waals surface area contributed by atoms with Gasteiger partial charge in [-0.2, -0.15) is 0 Å². The minimum atomic E-state index is -5.17. The molecular formula is C26H56Na2O6S. The first kappa shape index (κ1) is 46.6. The van der Waals surface area contributed by atoms with Gasteiger partial charge in [0, 0.05) is 30.2 Å². The van der Waals surface area contributed by atoms with Gasteiger partial charge >= 0.3 is 59.1 Å². The van der Waals surface area contributed by atoms with Gasteiger partial charge < -0.3 is 18.9 Å². The molecule has 0 saturated carbocycles. The normalized spacial score (nSPS) is 10.2. The summed E-state index contributed by atoms with van der Waals surface area (Å²) in [6, 6.07) is 0. The van der Waals surface area contributed by atoms with E-state index < -0.39 is 10.4 Å². The molecule has 0 amide bonds. The standard InChI is InChI=1S/C24H50O.C2H6O.2Na.H2O4S/c1-3-5-7-9-11-13-15-17-19-21-23-25-24-22-20-18-16-14-12-10-8-6-4-2;1-2-3;;;1-5(2,3)4/h3-24H2,1-2H3;3H,2H2,1H3;;;(H2,1,2,3,4)/q;;2*+1;/p-2. The van der Waals surface area contributed by atoms with Crippen molar-refractivity contribution < 1.29 is 86.5 Å². The monoisotopic (exact) mass is 542 g/mol. The fourth-order valence-corrected chi connectivity index (χ4v) is 3.49. The van der Waals surface area contributed by atoms with Crippen LogP contribution in [0.1, 0.15) is 149 Å². The third-order valence-electron chi connectivity index (χ3n) is 5.28. The number of hydrogen-bond acceptors (Lipinski definition) is 6. The Morgan fingerprint density at radius 3 is 0.886 bits per heavy atom. The number of hydrogen-bond donors (Lipinski definition) is 1. The van der Waals surface area contributed by atoms with Crippen molar-refractivity contribution in [2.75, 3.05) is 19.8 Å². The molecule has 0 heterocycles. The van der Waals surface area contributed by atoms with Gasteiger partial charge in [-0.05, 0) is 19.8 Å². The zero-order valence-corrected chi connectivity index (χ0v) is 29.0. The largest absolute Gasteiger partial charge is 1.00 e. The molecule has 0 aliphatic carbocycles. The fraction of sp³-hybridized carbons (Fsp3) is 1.00. The van der Waals surface area contributed by atoms with Crippen LogP contribution in [0.4, 0.5) is 0 Å². The molecule has 0 radical (unpaired) electrons. The molecule has 1 N–H and O–H groups in total. The Kier molecular flexibility index (Phi) is 57.1. The minimum absolute atomic E-state index is 0. The molecule has 35 heavy (non-hydrogen) atoms. The molecule has 0 spiro atoms. The second kappa shape index (κ2) is 42.9. The van der Waals surface area contributed by atoms with E-state index in [1.165, 1.54) is 128 Å². The van der Waals surface area contributed by atoms with Crippen LogP contribution in [0, 0.1) is 0 Å². The van der Waals surface area contributed by atoms with Gasteiger partial charge in [-0.3, -0.25) is 8.42 Å². The maximum atomic E-state index is 8.52. The Balaban J connectivity index is -0.000000260. The van der Waals surface area contributed by atoms with Gasteiger partial charge in [-0.1, -0.05) is 129 Å². The second-order valence-corrected chi connectivity index (χ2v) is 9.52. The smallest absolute Gasteiger partial charge is 0.759 e.